The molecule has 0 heterocycles. The lowest BCUT2D eigenvalue weighted by Crippen LogP contribution is -2.30. The smallest absolute Gasteiger partial charge is 0.141 e. The van der Waals surface area contributed by atoms with Gasteiger partial charge in [0.2, 0.25) is 0 Å². The summed E-state index contributed by atoms with van der Waals surface area (Å²) in [5, 5.41) is 17.9. The highest BCUT2D eigenvalue weighted by molar-refractivity contribution is 9.10. The molecule has 0 spiro atoms. The van der Waals surface area contributed by atoms with Crippen molar-refractivity contribution in [3.63, 3.8) is 0 Å². The van der Waals surface area contributed by atoms with Crippen LogP contribution in [-0.2, 0) is 5.60 Å². The molecule has 0 aromatic heterocycles. The molecule has 0 saturated carbocycles. The normalized spacial score (nSPS) is 14.2. The molecule has 1 N–H and O–H groups in total. The molecule has 1 atom stereocenters. The first-order chi connectivity index (χ1) is 23.1. The van der Waals surface area contributed by atoms with Crippen LogP contribution < -0.4 is 0 Å². The molecule has 0 aliphatic heterocycles. The molecule has 0 radical (unpaired) electrons. The monoisotopic (exact) mass is 668 g/mol. The summed E-state index contributed by atoms with van der Waals surface area (Å²) in [5.41, 5.74) is 8.30. The van der Waals surface area contributed by atoms with E-state index in [-0.39, 0.29) is 0 Å². The van der Waals surface area contributed by atoms with Gasteiger partial charge >= 0.3 is 0 Å². The van der Waals surface area contributed by atoms with Crippen LogP contribution in [-0.4, -0.2) is 5.11 Å². The molecule has 0 bridgehead atoms. The fraction of sp³-hybridized carbons (Fsp3) is 0.0667. The van der Waals surface area contributed by atoms with Gasteiger partial charge in [-0.1, -0.05) is 174 Å². The number of allylic oxidation sites excluding steroid dienone is 4. The van der Waals surface area contributed by atoms with Crippen LogP contribution >= 0.6 is 15.9 Å². The van der Waals surface area contributed by atoms with Gasteiger partial charge in [-0.15, -0.1) is 0 Å². The second-order valence-corrected chi connectivity index (χ2v) is 13.1. The van der Waals surface area contributed by atoms with Crippen molar-refractivity contribution in [2.24, 2.45) is 0 Å². The molecular formula is C45H33BrO. The predicted octanol–water partition coefficient (Wildman–Crippen LogP) is 12.1. The lowest BCUT2D eigenvalue weighted by Gasteiger charge is -2.33. The Hall–Kier alpha value is -5.02. The van der Waals surface area contributed by atoms with E-state index in [2.05, 4.69) is 155 Å². The lowest BCUT2D eigenvalue weighted by atomic mass is 9.76. The maximum atomic E-state index is 13.0. The number of hydrogen-bond acceptors (Lipinski definition) is 1. The fourth-order valence-electron chi connectivity index (χ4n) is 7.31. The third-order valence-corrected chi connectivity index (χ3v) is 10.1. The van der Waals surface area contributed by atoms with E-state index in [1.165, 1.54) is 43.8 Å². The van der Waals surface area contributed by atoms with Gasteiger partial charge in [-0.2, -0.15) is 0 Å². The molecule has 47 heavy (non-hydrogen) atoms. The van der Waals surface area contributed by atoms with Gasteiger partial charge in [0.15, 0.2) is 0 Å². The summed E-state index contributed by atoms with van der Waals surface area (Å²) in [6.07, 6.45) is 8.45. The van der Waals surface area contributed by atoms with Crippen molar-refractivity contribution in [1.29, 1.82) is 0 Å². The maximum absolute atomic E-state index is 13.0. The third-order valence-electron chi connectivity index (χ3n) is 9.52. The molecule has 226 valence electrons. The van der Waals surface area contributed by atoms with Crippen LogP contribution in [0.15, 0.2) is 174 Å². The molecular weight excluding hydrogens is 636 g/mol. The maximum Gasteiger partial charge on any atom is 0.141 e. The van der Waals surface area contributed by atoms with E-state index in [4.69, 9.17) is 0 Å². The van der Waals surface area contributed by atoms with Gasteiger partial charge in [-0.3, -0.25) is 0 Å². The fourth-order valence-corrected chi connectivity index (χ4v) is 7.57. The van der Waals surface area contributed by atoms with E-state index < -0.39 is 5.60 Å². The first kappa shape index (κ1) is 29.4. The largest absolute Gasteiger partial charge is 0.376 e. The highest BCUT2D eigenvalue weighted by Gasteiger charge is 2.36. The van der Waals surface area contributed by atoms with Crippen molar-refractivity contribution >= 4 is 43.0 Å². The molecule has 1 aliphatic carbocycles. The molecule has 0 saturated heterocycles. The molecule has 0 amide bonds. The predicted molar refractivity (Wildman–Crippen MR) is 201 cm³/mol. The summed E-state index contributed by atoms with van der Waals surface area (Å²) in [6.45, 7) is 0. The van der Waals surface area contributed by atoms with Crippen molar-refractivity contribution in [3.8, 4) is 22.3 Å². The Balaban J connectivity index is 1.34. The van der Waals surface area contributed by atoms with E-state index in [1.807, 2.05) is 30.3 Å². The second kappa shape index (κ2) is 12.3. The summed E-state index contributed by atoms with van der Waals surface area (Å²) >= 11 is 3.60. The first-order valence-corrected chi connectivity index (χ1v) is 17.0. The van der Waals surface area contributed by atoms with Crippen molar-refractivity contribution in [1.82, 2.24) is 0 Å². The van der Waals surface area contributed by atoms with Crippen LogP contribution in [0, 0.1) is 0 Å². The topological polar surface area (TPSA) is 20.2 Å². The molecule has 1 unspecified atom stereocenters. The van der Waals surface area contributed by atoms with Gasteiger partial charge in [0.1, 0.15) is 5.60 Å². The Morgan fingerprint density at radius 2 is 1.00 bits per heavy atom. The minimum atomic E-state index is -1.36. The van der Waals surface area contributed by atoms with Crippen LogP contribution in [0.4, 0.5) is 0 Å². The summed E-state index contributed by atoms with van der Waals surface area (Å²) in [5.74, 6) is 0. The number of fused-ring (bicyclic) bond motifs is 2. The van der Waals surface area contributed by atoms with Crippen LogP contribution in [0.1, 0.15) is 35.1 Å². The van der Waals surface area contributed by atoms with E-state index in [1.54, 1.807) is 0 Å². The summed E-state index contributed by atoms with van der Waals surface area (Å²) in [6, 6.07) is 53.1. The minimum Gasteiger partial charge on any atom is -0.376 e. The van der Waals surface area contributed by atoms with E-state index in [0.29, 0.717) is 0 Å². The van der Waals surface area contributed by atoms with Crippen LogP contribution in [0.3, 0.4) is 0 Å². The van der Waals surface area contributed by atoms with Crippen LogP contribution in [0.25, 0.3) is 49.4 Å². The van der Waals surface area contributed by atoms with E-state index in [0.717, 1.165) is 45.1 Å². The zero-order valence-corrected chi connectivity index (χ0v) is 27.5. The number of benzene rings is 7. The lowest BCUT2D eigenvalue weighted by molar-refractivity contribution is 0.125. The van der Waals surface area contributed by atoms with Gasteiger partial charge in [0, 0.05) is 10.0 Å². The summed E-state index contributed by atoms with van der Waals surface area (Å²) < 4.78 is 0.977. The second-order valence-electron chi connectivity index (χ2n) is 12.2. The van der Waals surface area contributed by atoms with Gasteiger partial charge in [0.05, 0.1) is 0 Å². The Morgan fingerprint density at radius 3 is 1.55 bits per heavy atom. The third kappa shape index (κ3) is 5.15. The Labute approximate surface area is 284 Å². The number of halogens is 1. The van der Waals surface area contributed by atoms with Crippen molar-refractivity contribution in [2.75, 3.05) is 0 Å². The van der Waals surface area contributed by atoms with Crippen LogP contribution in [0.2, 0.25) is 0 Å². The minimum absolute atomic E-state index is 0.830. The Morgan fingerprint density at radius 1 is 0.511 bits per heavy atom. The SMILES string of the molecule is OC(c1ccc(Br)cc1)(c1ccc(-c2c3ccccc3c(-c3ccccc3)c3ccccc23)cc1)c1ccccc1C1=CC=CCC1. The van der Waals surface area contributed by atoms with Crippen molar-refractivity contribution in [3.05, 3.63) is 197 Å². The molecule has 1 nitrogen and oxygen atoms in total. The molecule has 0 fully saturated rings. The molecule has 7 aromatic rings. The van der Waals surface area contributed by atoms with Crippen molar-refractivity contribution < 1.29 is 5.11 Å². The summed E-state index contributed by atoms with van der Waals surface area (Å²) in [4.78, 5) is 0. The summed E-state index contributed by atoms with van der Waals surface area (Å²) in [7, 11) is 0. The van der Waals surface area contributed by atoms with E-state index >= 15 is 0 Å². The van der Waals surface area contributed by atoms with Crippen molar-refractivity contribution in [2.45, 2.75) is 18.4 Å². The average molecular weight is 670 g/mol. The zero-order chi connectivity index (χ0) is 31.8. The highest BCUT2D eigenvalue weighted by atomic mass is 79.9. The standard InChI is InChI=1S/C45H33BrO/c46-36-29-27-35(28-30-36)45(47,42-22-12-11-17-37(42)31-13-3-1-4-14-31)34-25-23-33(24-26-34)44-40-20-9-7-18-38(40)43(32-15-5-2-6-16-32)39-19-8-10-21-41(39)44/h1-3,5-13,15-30,47H,4,14H2. The molecule has 2 heteroatoms. The Kier molecular flexibility index (Phi) is 7.69. The van der Waals surface area contributed by atoms with Gasteiger partial charge in [-0.05, 0) is 91.0 Å². The number of hydrogen-bond donors (Lipinski definition) is 1. The number of rotatable bonds is 6. The number of aliphatic hydroxyl groups is 1. The van der Waals surface area contributed by atoms with E-state index in [9.17, 15) is 5.11 Å². The van der Waals surface area contributed by atoms with Gasteiger partial charge in [-0.25, -0.2) is 0 Å². The van der Waals surface area contributed by atoms with Gasteiger partial charge in [0.25, 0.3) is 0 Å². The highest BCUT2D eigenvalue weighted by Crippen LogP contribution is 2.45. The van der Waals surface area contributed by atoms with Crippen LogP contribution in [0.5, 0.6) is 0 Å². The average Bonchev–Trinajstić information content (AvgIpc) is 3.14. The zero-order valence-electron chi connectivity index (χ0n) is 25.9. The molecule has 1 aliphatic rings. The quantitative estimate of drug-likeness (QED) is 0.138. The molecule has 7 aromatic carbocycles. The van der Waals surface area contributed by atoms with Gasteiger partial charge < -0.3 is 5.11 Å². The Bertz CT molecular complexity index is 2240. The molecule has 8 rings (SSSR count). The first-order valence-electron chi connectivity index (χ1n) is 16.2.